The number of anilines is 1. The van der Waals surface area contributed by atoms with Gasteiger partial charge in [-0.1, -0.05) is 44.7 Å². The summed E-state index contributed by atoms with van der Waals surface area (Å²) in [5.74, 6) is 0. The van der Waals surface area contributed by atoms with Gasteiger partial charge in [-0.05, 0) is 38.0 Å². The lowest BCUT2D eigenvalue weighted by atomic mass is 10.1. The molecule has 0 saturated carbocycles. The summed E-state index contributed by atoms with van der Waals surface area (Å²) in [6.07, 6.45) is 5.77. The van der Waals surface area contributed by atoms with Crippen molar-refractivity contribution in [3.8, 4) is 0 Å². The van der Waals surface area contributed by atoms with Crippen molar-refractivity contribution < 1.29 is 8.76 Å². The van der Waals surface area contributed by atoms with Crippen LogP contribution in [0.25, 0.3) is 0 Å². The van der Waals surface area contributed by atoms with Gasteiger partial charge < -0.3 is 4.90 Å². The lowest BCUT2D eigenvalue weighted by Gasteiger charge is -2.22. The molecule has 0 aliphatic rings. The Bertz CT molecular complexity index is 447. The van der Waals surface area contributed by atoms with Gasteiger partial charge in [-0.15, -0.1) is 0 Å². The average molecular weight is 341 g/mol. The van der Waals surface area contributed by atoms with E-state index in [0.29, 0.717) is 13.1 Å². The fraction of sp³-hybridized carbons (Fsp3) is 0.667. The highest BCUT2D eigenvalue weighted by Gasteiger charge is 2.12. The number of rotatable bonds is 12. The summed E-state index contributed by atoms with van der Waals surface area (Å²) in [5, 5.41) is 0. The summed E-state index contributed by atoms with van der Waals surface area (Å²) < 4.78 is 22.6. The molecule has 1 atom stereocenters. The van der Waals surface area contributed by atoms with Crippen molar-refractivity contribution in [3.63, 3.8) is 0 Å². The van der Waals surface area contributed by atoms with Crippen LogP contribution in [-0.4, -0.2) is 32.7 Å². The number of hydrogen-bond acceptors (Lipinski definition) is 2. The van der Waals surface area contributed by atoms with Gasteiger partial charge in [0.1, 0.15) is 0 Å². The highest BCUT2D eigenvalue weighted by Crippen LogP contribution is 2.17. The van der Waals surface area contributed by atoms with Crippen LogP contribution in [0.1, 0.15) is 58.4 Å². The molecule has 0 fully saturated rings. The molecular formula is C18H32N2O2S. The molecule has 0 aliphatic carbocycles. The molecule has 23 heavy (non-hydrogen) atoms. The number of unbranched alkanes of at least 4 members (excludes halogenated alkanes) is 4. The Morgan fingerprint density at radius 2 is 1.57 bits per heavy atom. The molecule has 0 aromatic heterocycles. The van der Waals surface area contributed by atoms with Crippen LogP contribution >= 0.6 is 0 Å². The molecule has 0 heterocycles. The van der Waals surface area contributed by atoms with Crippen LogP contribution < -0.4 is 4.90 Å². The maximum Gasteiger partial charge on any atom is 0.234 e. The molecule has 1 unspecified atom stereocenters. The molecule has 0 spiro atoms. The number of nitrogens with zero attached hydrogens (tertiary/aromatic N) is 2. The summed E-state index contributed by atoms with van der Waals surface area (Å²) in [4.78, 5) is 2.29. The Balaban J connectivity index is 2.54. The second kappa shape index (κ2) is 11.6. The Labute approximate surface area is 144 Å². The minimum atomic E-state index is -1.91. The zero-order chi connectivity index (χ0) is 17.1. The van der Waals surface area contributed by atoms with Crippen molar-refractivity contribution in [1.82, 2.24) is 4.31 Å². The molecular weight excluding hydrogens is 308 g/mol. The number of benzene rings is 1. The summed E-state index contributed by atoms with van der Waals surface area (Å²) >= 11 is -1.91. The third-order valence-electron chi connectivity index (χ3n) is 4.16. The van der Waals surface area contributed by atoms with Crippen molar-refractivity contribution >= 4 is 17.0 Å². The van der Waals surface area contributed by atoms with E-state index in [9.17, 15) is 8.76 Å². The standard InChI is InChI=1S/C18H32N2O2S/c1-4-7-8-9-10-15-20(23(21)22)16-17-11-13-18(14-12-17)19(5-2)6-3/h11-14H,4-10,15-16H2,1-3H3,(H,21,22). The Morgan fingerprint density at radius 1 is 0.957 bits per heavy atom. The zero-order valence-corrected chi connectivity index (χ0v) is 15.6. The summed E-state index contributed by atoms with van der Waals surface area (Å²) in [6, 6.07) is 8.32. The first-order valence-corrected chi connectivity index (χ1v) is 9.88. The minimum absolute atomic E-state index is 0.523. The highest BCUT2D eigenvalue weighted by atomic mass is 32.2. The fourth-order valence-corrected chi connectivity index (χ4v) is 3.25. The van der Waals surface area contributed by atoms with Gasteiger partial charge in [0, 0.05) is 31.9 Å². The second-order valence-corrected chi connectivity index (χ2v) is 6.83. The predicted octanol–water partition coefficient (Wildman–Crippen LogP) is 4.44. The number of hydrogen-bond donors (Lipinski definition) is 1. The van der Waals surface area contributed by atoms with E-state index in [-0.39, 0.29) is 0 Å². The summed E-state index contributed by atoms with van der Waals surface area (Å²) in [6.45, 7) is 9.65. The first kappa shape index (κ1) is 20.1. The van der Waals surface area contributed by atoms with E-state index >= 15 is 0 Å². The Morgan fingerprint density at radius 3 is 2.09 bits per heavy atom. The van der Waals surface area contributed by atoms with Gasteiger partial charge in [0.15, 0.2) is 0 Å². The van der Waals surface area contributed by atoms with Crippen LogP contribution in [0, 0.1) is 0 Å². The summed E-state index contributed by atoms with van der Waals surface area (Å²) in [7, 11) is 0. The van der Waals surface area contributed by atoms with Gasteiger partial charge in [-0.2, -0.15) is 4.31 Å². The molecule has 1 N–H and O–H groups in total. The lowest BCUT2D eigenvalue weighted by Crippen LogP contribution is -2.26. The van der Waals surface area contributed by atoms with Gasteiger partial charge >= 0.3 is 0 Å². The molecule has 0 aliphatic heterocycles. The van der Waals surface area contributed by atoms with Gasteiger partial charge in [-0.3, -0.25) is 4.55 Å². The van der Waals surface area contributed by atoms with Crippen LogP contribution in [0.3, 0.4) is 0 Å². The molecule has 1 aromatic carbocycles. The molecule has 1 aromatic rings. The molecule has 0 radical (unpaired) electrons. The maximum atomic E-state index is 11.5. The van der Waals surface area contributed by atoms with Crippen molar-refractivity contribution in [2.75, 3.05) is 24.5 Å². The molecule has 1 rings (SSSR count). The van der Waals surface area contributed by atoms with Crippen LogP contribution in [0.2, 0.25) is 0 Å². The van der Waals surface area contributed by atoms with Crippen LogP contribution in [0.4, 0.5) is 5.69 Å². The van der Waals surface area contributed by atoms with Gasteiger partial charge in [0.05, 0.1) is 0 Å². The molecule has 0 bridgehead atoms. The molecule has 132 valence electrons. The quantitative estimate of drug-likeness (QED) is 0.452. The second-order valence-electron chi connectivity index (χ2n) is 5.85. The van der Waals surface area contributed by atoms with Gasteiger partial charge in [-0.25, -0.2) is 4.21 Å². The van der Waals surface area contributed by atoms with E-state index in [2.05, 4.69) is 49.9 Å². The predicted molar refractivity (Wildman–Crippen MR) is 99.9 cm³/mol. The van der Waals surface area contributed by atoms with E-state index in [1.54, 1.807) is 4.31 Å². The van der Waals surface area contributed by atoms with Gasteiger partial charge in [0.2, 0.25) is 11.3 Å². The van der Waals surface area contributed by atoms with Crippen molar-refractivity contribution in [2.24, 2.45) is 0 Å². The van der Waals surface area contributed by atoms with Crippen molar-refractivity contribution in [2.45, 2.75) is 59.4 Å². The van der Waals surface area contributed by atoms with Crippen LogP contribution in [0.5, 0.6) is 0 Å². The lowest BCUT2D eigenvalue weighted by molar-refractivity contribution is 0.379. The molecule has 0 amide bonds. The first-order chi connectivity index (χ1) is 11.1. The molecule has 0 saturated heterocycles. The van der Waals surface area contributed by atoms with Crippen molar-refractivity contribution in [3.05, 3.63) is 29.8 Å². The Kier molecular flexibility index (Phi) is 10.2. The van der Waals surface area contributed by atoms with E-state index in [4.69, 9.17) is 0 Å². The average Bonchev–Trinajstić information content (AvgIpc) is 2.56. The largest absolute Gasteiger partial charge is 0.372 e. The topological polar surface area (TPSA) is 43.8 Å². The highest BCUT2D eigenvalue weighted by molar-refractivity contribution is 7.76. The van der Waals surface area contributed by atoms with Crippen LogP contribution in [0.15, 0.2) is 24.3 Å². The Hall–Kier alpha value is -0.910. The fourth-order valence-electron chi connectivity index (χ4n) is 2.71. The maximum absolute atomic E-state index is 11.5. The van der Waals surface area contributed by atoms with Gasteiger partial charge in [0.25, 0.3) is 0 Å². The smallest absolute Gasteiger partial charge is 0.234 e. The van der Waals surface area contributed by atoms with E-state index in [0.717, 1.165) is 31.5 Å². The monoisotopic (exact) mass is 340 g/mol. The third kappa shape index (κ3) is 7.46. The third-order valence-corrected chi connectivity index (χ3v) is 4.91. The first-order valence-electron chi connectivity index (χ1n) is 8.82. The SMILES string of the molecule is CCCCCCCN(Cc1ccc(N(CC)CC)cc1)S(=O)O. The summed E-state index contributed by atoms with van der Waals surface area (Å²) in [5.41, 5.74) is 2.28. The molecule has 4 nitrogen and oxygen atoms in total. The molecule has 5 heteroatoms. The van der Waals surface area contributed by atoms with Crippen molar-refractivity contribution in [1.29, 1.82) is 0 Å². The zero-order valence-electron chi connectivity index (χ0n) is 14.8. The normalized spacial score (nSPS) is 12.6. The minimum Gasteiger partial charge on any atom is -0.372 e. The van der Waals surface area contributed by atoms with E-state index < -0.39 is 11.3 Å². The van der Waals surface area contributed by atoms with E-state index in [1.807, 2.05) is 0 Å². The van der Waals surface area contributed by atoms with E-state index in [1.165, 1.54) is 24.9 Å². The van der Waals surface area contributed by atoms with Crippen LogP contribution in [-0.2, 0) is 17.8 Å².